The summed E-state index contributed by atoms with van der Waals surface area (Å²) in [5.74, 6) is 2.76. The summed E-state index contributed by atoms with van der Waals surface area (Å²) >= 11 is 0. The third kappa shape index (κ3) is 2.20. The lowest BCUT2D eigenvalue weighted by Gasteiger charge is -2.52. The molecule has 0 unspecified atom stereocenters. The highest BCUT2D eigenvalue weighted by molar-refractivity contribution is 5.44. The van der Waals surface area contributed by atoms with Gasteiger partial charge in [0, 0.05) is 24.1 Å². The molecule has 0 spiro atoms. The molecule has 4 heteroatoms. The monoisotopic (exact) mass is 303 g/mol. The van der Waals surface area contributed by atoms with Gasteiger partial charge in [-0.2, -0.15) is 0 Å². The van der Waals surface area contributed by atoms with Crippen LogP contribution in [0.1, 0.15) is 38.4 Å². The molecule has 2 saturated heterocycles. The molecule has 0 aliphatic carbocycles. The van der Waals surface area contributed by atoms with Crippen LogP contribution in [-0.2, 0) is 4.74 Å². The van der Waals surface area contributed by atoms with Crippen molar-refractivity contribution in [1.29, 1.82) is 0 Å². The fourth-order valence-electron chi connectivity index (χ4n) is 4.31. The zero-order valence-corrected chi connectivity index (χ0v) is 13.6. The quantitative estimate of drug-likeness (QED) is 0.866. The van der Waals surface area contributed by atoms with Gasteiger partial charge >= 0.3 is 0 Å². The molecule has 0 bridgehead atoms. The lowest BCUT2D eigenvalue weighted by atomic mass is 9.71. The summed E-state index contributed by atoms with van der Waals surface area (Å²) in [6, 6.07) is 6.11. The van der Waals surface area contributed by atoms with Crippen molar-refractivity contribution in [3.63, 3.8) is 0 Å². The predicted molar refractivity (Wildman–Crippen MR) is 84.4 cm³/mol. The molecule has 4 atom stereocenters. The lowest BCUT2D eigenvalue weighted by Crippen LogP contribution is -2.54. The van der Waals surface area contributed by atoms with E-state index in [0.29, 0.717) is 17.9 Å². The molecule has 0 saturated carbocycles. The van der Waals surface area contributed by atoms with Gasteiger partial charge in [0.25, 0.3) is 0 Å². The Morgan fingerprint density at radius 3 is 3.00 bits per heavy atom. The average molecular weight is 303 g/mol. The number of methoxy groups -OCH3 is 1. The van der Waals surface area contributed by atoms with E-state index in [1.807, 2.05) is 12.1 Å². The Labute approximate surface area is 132 Å². The molecule has 120 valence electrons. The van der Waals surface area contributed by atoms with Crippen LogP contribution in [0.3, 0.4) is 0 Å². The van der Waals surface area contributed by atoms with Crippen LogP contribution in [0.2, 0.25) is 0 Å². The predicted octanol–water partition coefficient (Wildman–Crippen LogP) is 2.92. The number of fused-ring (bicyclic) bond motifs is 4. The molecular weight excluding hydrogens is 278 g/mol. The van der Waals surface area contributed by atoms with Crippen LogP contribution in [0.15, 0.2) is 18.2 Å². The van der Waals surface area contributed by atoms with Crippen LogP contribution in [0, 0.1) is 11.8 Å². The molecule has 22 heavy (non-hydrogen) atoms. The van der Waals surface area contributed by atoms with Crippen molar-refractivity contribution >= 4 is 0 Å². The van der Waals surface area contributed by atoms with Crippen molar-refractivity contribution in [1.82, 2.24) is 5.32 Å². The first kappa shape index (κ1) is 14.3. The molecule has 4 rings (SSSR count). The zero-order chi connectivity index (χ0) is 15.3. The Hall–Kier alpha value is -1.26. The number of rotatable bonds is 1. The molecule has 1 aromatic rings. The molecule has 2 fully saturated rings. The largest absolute Gasteiger partial charge is 0.497 e. The second-order valence-electron chi connectivity index (χ2n) is 7.30. The van der Waals surface area contributed by atoms with Crippen molar-refractivity contribution in [2.24, 2.45) is 11.8 Å². The Bertz CT molecular complexity index is 571. The molecule has 3 heterocycles. The minimum absolute atomic E-state index is 0.143. The van der Waals surface area contributed by atoms with Crippen LogP contribution >= 0.6 is 0 Å². The van der Waals surface area contributed by atoms with E-state index in [-0.39, 0.29) is 11.7 Å². The zero-order valence-electron chi connectivity index (χ0n) is 13.6. The number of hydrogen-bond donors (Lipinski definition) is 1. The molecule has 0 radical (unpaired) electrons. The van der Waals surface area contributed by atoms with E-state index in [2.05, 4.69) is 25.2 Å². The van der Waals surface area contributed by atoms with Gasteiger partial charge in [0.2, 0.25) is 0 Å². The fraction of sp³-hybridized carbons (Fsp3) is 0.667. The summed E-state index contributed by atoms with van der Waals surface area (Å²) in [6.07, 6.45) is 2.80. The van der Waals surface area contributed by atoms with Crippen molar-refractivity contribution in [3.05, 3.63) is 23.8 Å². The van der Waals surface area contributed by atoms with E-state index >= 15 is 0 Å². The van der Waals surface area contributed by atoms with Crippen LogP contribution in [0.5, 0.6) is 11.5 Å². The highest BCUT2D eigenvalue weighted by Gasteiger charge is 2.50. The maximum atomic E-state index is 6.57. The van der Waals surface area contributed by atoms with Gasteiger partial charge in [-0.1, -0.05) is 0 Å². The van der Waals surface area contributed by atoms with E-state index < -0.39 is 0 Å². The normalized spacial score (nSPS) is 35.6. The van der Waals surface area contributed by atoms with Gasteiger partial charge < -0.3 is 19.5 Å². The number of nitrogens with one attached hydrogen (secondary N) is 1. The van der Waals surface area contributed by atoms with Gasteiger partial charge in [-0.05, 0) is 51.3 Å². The third-order valence-corrected chi connectivity index (χ3v) is 5.57. The van der Waals surface area contributed by atoms with E-state index in [9.17, 15) is 0 Å². The molecule has 3 aliphatic heterocycles. The Balaban J connectivity index is 1.72. The average Bonchev–Trinajstić information content (AvgIpc) is 2.52. The highest BCUT2D eigenvalue weighted by Crippen LogP contribution is 2.53. The van der Waals surface area contributed by atoms with Crippen molar-refractivity contribution in [2.75, 3.05) is 20.2 Å². The summed E-state index contributed by atoms with van der Waals surface area (Å²) in [6.45, 7) is 6.51. The molecule has 0 aromatic heterocycles. The van der Waals surface area contributed by atoms with E-state index in [4.69, 9.17) is 14.2 Å². The van der Waals surface area contributed by atoms with Crippen molar-refractivity contribution in [2.45, 2.75) is 44.5 Å². The highest BCUT2D eigenvalue weighted by atomic mass is 16.5. The summed E-state index contributed by atoms with van der Waals surface area (Å²) < 4.78 is 18.2. The smallest absolute Gasteiger partial charge is 0.129 e. The number of ether oxygens (including phenoxy) is 3. The van der Waals surface area contributed by atoms with Gasteiger partial charge in [0.05, 0.1) is 19.3 Å². The Morgan fingerprint density at radius 2 is 2.18 bits per heavy atom. The molecule has 3 aliphatic rings. The minimum Gasteiger partial charge on any atom is -0.497 e. The second-order valence-corrected chi connectivity index (χ2v) is 7.30. The van der Waals surface area contributed by atoms with Gasteiger partial charge in [-0.25, -0.2) is 0 Å². The van der Waals surface area contributed by atoms with Crippen LogP contribution < -0.4 is 14.8 Å². The first-order valence-electron chi connectivity index (χ1n) is 8.31. The van der Waals surface area contributed by atoms with Gasteiger partial charge in [-0.3, -0.25) is 0 Å². The van der Waals surface area contributed by atoms with E-state index in [0.717, 1.165) is 31.0 Å². The SMILES string of the molecule is COc1ccc2c(c1)OC(C)(C)[C@H]1C[C@@H]3CNCC[C@@H]3O[C@H]21. The molecule has 0 amide bonds. The Kier molecular flexibility index (Phi) is 3.35. The van der Waals surface area contributed by atoms with Crippen LogP contribution in [-0.4, -0.2) is 31.9 Å². The van der Waals surface area contributed by atoms with Crippen LogP contribution in [0.4, 0.5) is 0 Å². The summed E-state index contributed by atoms with van der Waals surface area (Å²) in [7, 11) is 1.69. The lowest BCUT2D eigenvalue weighted by molar-refractivity contribution is -0.178. The maximum Gasteiger partial charge on any atom is 0.129 e. The molecule has 4 nitrogen and oxygen atoms in total. The first-order chi connectivity index (χ1) is 10.6. The van der Waals surface area contributed by atoms with Crippen LogP contribution in [0.25, 0.3) is 0 Å². The van der Waals surface area contributed by atoms with Crippen molar-refractivity contribution in [3.8, 4) is 11.5 Å². The maximum absolute atomic E-state index is 6.57. The number of benzene rings is 1. The summed E-state index contributed by atoms with van der Waals surface area (Å²) in [5, 5.41) is 3.50. The minimum atomic E-state index is -0.216. The number of hydrogen-bond acceptors (Lipinski definition) is 4. The van der Waals surface area contributed by atoms with E-state index in [1.54, 1.807) is 7.11 Å². The van der Waals surface area contributed by atoms with Gasteiger partial charge in [-0.15, -0.1) is 0 Å². The molecule has 1 N–H and O–H groups in total. The van der Waals surface area contributed by atoms with Gasteiger partial charge in [0.1, 0.15) is 17.1 Å². The van der Waals surface area contributed by atoms with E-state index in [1.165, 1.54) is 12.0 Å². The molecule has 1 aromatic carbocycles. The first-order valence-corrected chi connectivity index (χ1v) is 8.31. The standard InChI is InChI=1S/C18H25NO3/c1-18(2)14-8-11-10-19-7-6-15(11)21-17(14)13-5-4-12(20-3)9-16(13)22-18/h4-5,9,11,14-15,17,19H,6-8,10H2,1-3H3/t11-,14+,15+,17-/m1/s1. The topological polar surface area (TPSA) is 39.7 Å². The molecular formula is C18H25NO3. The summed E-state index contributed by atoms with van der Waals surface area (Å²) in [4.78, 5) is 0. The summed E-state index contributed by atoms with van der Waals surface area (Å²) in [5.41, 5.74) is 0.967. The van der Waals surface area contributed by atoms with Crippen molar-refractivity contribution < 1.29 is 14.2 Å². The van der Waals surface area contributed by atoms with Gasteiger partial charge in [0.15, 0.2) is 0 Å². The second kappa shape index (κ2) is 5.14. The fourth-order valence-corrected chi connectivity index (χ4v) is 4.31. The third-order valence-electron chi connectivity index (χ3n) is 5.57. The Morgan fingerprint density at radius 1 is 1.32 bits per heavy atom. The number of piperidine rings is 1.